The van der Waals surface area contributed by atoms with E-state index < -0.39 is 5.97 Å². The molecule has 0 atom stereocenters. The highest BCUT2D eigenvalue weighted by molar-refractivity contribution is 5.94. The Labute approximate surface area is 164 Å². The van der Waals surface area contributed by atoms with E-state index in [4.69, 9.17) is 9.47 Å². The lowest BCUT2D eigenvalue weighted by Gasteiger charge is -2.17. The van der Waals surface area contributed by atoms with Gasteiger partial charge in [-0.05, 0) is 23.8 Å². The molecule has 5 nitrogen and oxygen atoms in total. The first-order valence-corrected chi connectivity index (χ1v) is 8.89. The second-order valence-corrected chi connectivity index (χ2v) is 6.10. The van der Waals surface area contributed by atoms with Gasteiger partial charge in [-0.25, -0.2) is 4.79 Å². The molecule has 0 spiro atoms. The standard InChI is InChI=1S/C23H21NO4/c1-24(19-12-6-3-7-13-19)22(25)16-28-23(26)17-27-21-15-9-8-14-20(21)18-10-4-2-5-11-18/h2-15H,16-17H2,1H3. The monoisotopic (exact) mass is 375 g/mol. The SMILES string of the molecule is CN(C(=O)COC(=O)COc1ccccc1-c1ccccc1)c1ccccc1. The van der Waals surface area contributed by atoms with Crippen molar-refractivity contribution < 1.29 is 19.1 Å². The van der Waals surface area contributed by atoms with Crippen molar-refractivity contribution in [2.45, 2.75) is 0 Å². The predicted molar refractivity (Wildman–Crippen MR) is 108 cm³/mol. The summed E-state index contributed by atoms with van der Waals surface area (Å²) in [5.74, 6) is -0.333. The highest BCUT2D eigenvalue weighted by atomic mass is 16.6. The molecule has 3 rings (SSSR count). The smallest absolute Gasteiger partial charge is 0.344 e. The van der Waals surface area contributed by atoms with E-state index in [1.54, 1.807) is 13.1 Å². The first-order chi connectivity index (χ1) is 13.6. The molecule has 0 aliphatic rings. The van der Waals surface area contributed by atoms with Crippen molar-refractivity contribution in [3.63, 3.8) is 0 Å². The zero-order valence-electron chi connectivity index (χ0n) is 15.6. The predicted octanol–water partition coefficient (Wildman–Crippen LogP) is 3.94. The summed E-state index contributed by atoms with van der Waals surface area (Å²) in [4.78, 5) is 25.6. The van der Waals surface area contributed by atoms with Crippen molar-refractivity contribution in [2.75, 3.05) is 25.2 Å². The van der Waals surface area contributed by atoms with Crippen LogP contribution in [0.15, 0.2) is 84.9 Å². The topological polar surface area (TPSA) is 55.8 Å². The van der Waals surface area contributed by atoms with Crippen molar-refractivity contribution in [3.8, 4) is 16.9 Å². The lowest BCUT2D eigenvalue weighted by atomic mass is 10.1. The van der Waals surface area contributed by atoms with E-state index in [0.29, 0.717) is 5.75 Å². The molecular weight excluding hydrogens is 354 g/mol. The highest BCUT2D eigenvalue weighted by Crippen LogP contribution is 2.29. The Bertz CT molecular complexity index is 926. The van der Waals surface area contributed by atoms with Crippen molar-refractivity contribution in [2.24, 2.45) is 0 Å². The zero-order valence-corrected chi connectivity index (χ0v) is 15.6. The summed E-state index contributed by atoms with van der Waals surface area (Å²) >= 11 is 0. The molecule has 142 valence electrons. The van der Waals surface area contributed by atoms with Crippen LogP contribution in [0.1, 0.15) is 0 Å². The van der Waals surface area contributed by atoms with Gasteiger partial charge in [0.2, 0.25) is 0 Å². The third-order valence-corrected chi connectivity index (χ3v) is 4.19. The minimum Gasteiger partial charge on any atom is -0.481 e. The van der Waals surface area contributed by atoms with Crippen molar-refractivity contribution in [1.82, 2.24) is 0 Å². The molecule has 0 saturated carbocycles. The molecule has 0 fully saturated rings. The van der Waals surface area contributed by atoms with Crippen LogP contribution in [0.2, 0.25) is 0 Å². The normalized spacial score (nSPS) is 10.2. The van der Waals surface area contributed by atoms with E-state index >= 15 is 0 Å². The fourth-order valence-electron chi connectivity index (χ4n) is 2.66. The number of ether oxygens (including phenoxy) is 2. The van der Waals surface area contributed by atoms with Crippen molar-refractivity contribution in [1.29, 1.82) is 0 Å². The molecule has 5 heteroatoms. The van der Waals surface area contributed by atoms with E-state index in [2.05, 4.69) is 0 Å². The molecule has 1 amide bonds. The number of esters is 1. The lowest BCUT2D eigenvalue weighted by Crippen LogP contribution is -2.31. The maximum Gasteiger partial charge on any atom is 0.344 e. The van der Waals surface area contributed by atoms with Gasteiger partial charge in [-0.2, -0.15) is 0 Å². The van der Waals surface area contributed by atoms with Gasteiger partial charge in [-0.3, -0.25) is 4.79 Å². The van der Waals surface area contributed by atoms with Gasteiger partial charge >= 0.3 is 5.97 Å². The highest BCUT2D eigenvalue weighted by Gasteiger charge is 2.14. The van der Waals surface area contributed by atoms with Crippen LogP contribution >= 0.6 is 0 Å². The van der Waals surface area contributed by atoms with Gasteiger partial charge in [0.15, 0.2) is 13.2 Å². The van der Waals surface area contributed by atoms with Crippen LogP contribution in [0.3, 0.4) is 0 Å². The van der Waals surface area contributed by atoms with Gasteiger partial charge in [0, 0.05) is 18.3 Å². The second-order valence-electron chi connectivity index (χ2n) is 6.10. The average molecular weight is 375 g/mol. The Kier molecular flexibility index (Phi) is 6.41. The molecule has 0 aliphatic carbocycles. The molecule has 3 aromatic carbocycles. The van der Waals surface area contributed by atoms with E-state index in [9.17, 15) is 9.59 Å². The number of carbonyl (C=O) groups excluding carboxylic acids is 2. The van der Waals surface area contributed by atoms with E-state index in [1.807, 2.05) is 78.9 Å². The number of carbonyl (C=O) groups is 2. The van der Waals surface area contributed by atoms with Crippen LogP contribution < -0.4 is 9.64 Å². The fourth-order valence-corrected chi connectivity index (χ4v) is 2.66. The van der Waals surface area contributed by atoms with E-state index in [1.165, 1.54) is 4.90 Å². The molecular formula is C23H21NO4. The van der Waals surface area contributed by atoms with Crippen molar-refractivity contribution >= 4 is 17.6 Å². The Balaban J connectivity index is 1.53. The Hall–Kier alpha value is -3.60. The van der Waals surface area contributed by atoms with Gasteiger partial charge in [0.05, 0.1) is 0 Å². The van der Waals surface area contributed by atoms with Crippen molar-refractivity contribution in [3.05, 3.63) is 84.9 Å². The number of nitrogens with zero attached hydrogens (tertiary/aromatic N) is 1. The zero-order chi connectivity index (χ0) is 19.8. The average Bonchev–Trinajstić information content (AvgIpc) is 2.77. The van der Waals surface area contributed by atoms with Gasteiger partial charge in [0.25, 0.3) is 5.91 Å². The minimum atomic E-state index is -0.599. The molecule has 28 heavy (non-hydrogen) atoms. The lowest BCUT2D eigenvalue weighted by molar-refractivity contribution is -0.149. The van der Waals surface area contributed by atoms with Gasteiger partial charge < -0.3 is 14.4 Å². The molecule has 0 heterocycles. The Morgan fingerprint density at radius 1 is 0.786 bits per heavy atom. The molecule has 0 radical (unpaired) electrons. The largest absolute Gasteiger partial charge is 0.481 e. The van der Waals surface area contributed by atoms with E-state index in [-0.39, 0.29) is 19.1 Å². The molecule has 0 bridgehead atoms. The number of likely N-dealkylation sites (N-methyl/N-ethyl adjacent to an activating group) is 1. The number of anilines is 1. The van der Waals surface area contributed by atoms with Crippen LogP contribution in [0.5, 0.6) is 5.75 Å². The third kappa shape index (κ3) is 4.98. The summed E-state index contributed by atoms with van der Waals surface area (Å²) in [5, 5.41) is 0. The molecule has 0 N–H and O–H groups in total. The van der Waals surface area contributed by atoms with Crippen LogP contribution in [0, 0.1) is 0 Å². The Morgan fingerprint density at radius 3 is 2.11 bits per heavy atom. The maximum atomic E-state index is 12.2. The number of benzene rings is 3. The molecule has 0 aliphatic heterocycles. The van der Waals surface area contributed by atoms with Crippen LogP contribution in [0.25, 0.3) is 11.1 Å². The third-order valence-electron chi connectivity index (χ3n) is 4.19. The summed E-state index contributed by atoms with van der Waals surface area (Å²) in [5.41, 5.74) is 2.61. The summed E-state index contributed by atoms with van der Waals surface area (Å²) in [7, 11) is 1.64. The van der Waals surface area contributed by atoms with Crippen LogP contribution in [-0.2, 0) is 14.3 Å². The van der Waals surface area contributed by atoms with Gasteiger partial charge in [-0.1, -0.05) is 66.7 Å². The van der Waals surface area contributed by atoms with Crippen LogP contribution in [0.4, 0.5) is 5.69 Å². The molecule has 3 aromatic rings. The van der Waals surface area contributed by atoms with Gasteiger partial charge in [-0.15, -0.1) is 0 Å². The van der Waals surface area contributed by atoms with Gasteiger partial charge in [0.1, 0.15) is 5.75 Å². The first kappa shape index (κ1) is 19.2. The fraction of sp³-hybridized carbons (Fsp3) is 0.130. The molecule has 0 aromatic heterocycles. The number of para-hydroxylation sites is 2. The minimum absolute atomic E-state index is 0.272. The second kappa shape index (κ2) is 9.37. The quantitative estimate of drug-likeness (QED) is 0.587. The first-order valence-electron chi connectivity index (χ1n) is 8.89. The summed E-state index contributed by atoms with van der Waals surface area (Å²) in [6.07, 6.45) is 0. The molecule has 0 unspecified atom stereocenters. The Morgan fingerprint density at radius 2 is 1.39 bits per heavy atom. The number of hydrogen-bond acceptors (Lipinski definition) is 4. The number of rotatable bonds is 7. The summed E-state index contributed by atoms with van der Waals surface area (Å²) < 4.78 is 10.7. The number of amides is 1. The maximum absolute atomic E-state index is 12.2. The number of hydrogen-bond donors (Lipinski definition) is 0. The molecule has 0 saturated heterocycles. The summed E-state index contributed by atoms with van der Waals surface area (Å²) in [6.45, 7) is -0.611. The van der Waals surface area contributed by atoms with Crippen LogP contribution in [-0.4, -0.2) is 32.1 Å². The van der Waals surface area contributed by atoms with E-state index in [0.717, 1.165) is 16.8 Å². The summed E-state index contributed by atoms with van der Waals surface area (Å²) in [6, 6.07) is 26.4.